The van der Waals surface area contributed by atoms with Gasteiger partial charge in [0, 0.05) is 17.7 Å². The van der Waals surface area contributed by atoms with E-state index in [0.717, 1.165) is 51.1 Å². The zero-order valence-corrected chi connectivity index (χ0v) is 18.7. The molecule has 1 atom stereocenters. The van der Waals surface area contributed by atoms with Crippen LogP contribution in [0.1, 0.15) is 101 Å². The van der Waals surface area contributed by atoms with Crippen molar-refractivity contribution in [2.24, 2.45) is 0 Å². The van der Waals surface area contributed by atoms with Crippen LogP contribution in [-0.4, -0.2) is 44.9 Å². The van der Waals surface area contributed by atoms with E-state index >= 15 is 0 Å². The Morgan fingerprint density at radius 1 is 1.13 bits per heavy atom. The lowest BCUT2D eigenvalue weighted by Crippen LogP contribution is -2.26. The molecule has 0 bridgehead atoms. The van der Waals surface area contributed by atoms with Gasteiger partial charge in [-0.15, -0.1) is 5.10 Å². The van der Waals surface area contributed by atoms with Crippen LogP contribution in [0.4, 0.5) is 5.95 Å². The molecule has 0 aromatic carbocycles. The predicted molar refractivity (Wildman–Crippen MR) is 122 cm³/mol. The standard InChI is InChI=1S/C24H39N5O/c1-3-4-5-6-17(2)27-24-26-16-23-21(18-11-13-25-14-12-18)15-22(29(23)28-24)19-7-9-20(30)10-8-19/h15-20,25,30H,3-14H2,1-2H3,(H,27,28). The topological polar surface area (TPSA) is 74.5 Å². The largest absolute Gasteiger partial charge is 0.393 e. The molecule has 1 unspecified atom stereocenters. The number of rotatable bonds is 8. The molecule has 166 valence electrons. The summed E-state index contributed by atoms with van der Waals surface area (Å²) in [6.07, 6.45) is 13.0. The fourth-order valence-corrected chi connectivity index (χ4v) is 5.22. The molecule has 2 aliphatic rings. The first-order chi connectivity index (χ1) is 14.7. The molecule has 2 aromatic heterocycles. The molecule has 1 saturated heterocycles. The lowest BCUT2D eigenvalue weighted by molar-refractivity contribution is 0.121. The van der Waals surface area contributed by atoms with E-state index < -0.39 is 0 Å². The molecule has 1 saturated carbocycles. The summed E-state index contributed by atoms with van der Waals surface area (Å²) >= 11 is 0. The third-order valence-corrected chi connectivity index (χ3v) is 7.09. The average Bonchev–Trinajstić information content (AvgIpc) is 3.14. The summed E-state index contributed by atoms with van der Waals surface area (Å²) < 4.78 is 2.17. The SMILES string of the molecule is CCCCCC(C)Nc1ncc2c(C3CCNCC3)cc(C3CCC(O)CC3)n2n1. The van der Waals surface area contributed by atoms with Gasteiger partial charge >= 0.3 is 0 Å². The third kappa shape index (κ3) is 4.97. The molecule has 0 radical (unpaired) electrons. The smallest absolute Gasteiger partial charge is 0.241 e. The Morgan fingerprint density at radius 2 is 1.90 bits per heavy atom. The molecule has 2 aromatic rings. The van der Waals surface area contributed by atoms with Crippen LogP contribution in [0.5, 0.6) is 0 Å². The minimum Gasteiger partial charge on any atom is -0.393 e. The van der Waals surface area contributed by atoms with E-state index in [1.165, 1.54) is 48.9 Å². The van der Waals surface area contributed by atoms with Crippen LogP contribution >= 0.6 is 0 Å². The van der Waals surface area contributed by atoms with Crippen molar-refractivity contribution in [1.29, 1.82) is 0 Å². The van der Waals surface area contributed by atoms with Crippen molar-refractivity contribution < 1.29 is 5.11 Å². The Balaban J connectivity index is 1.61. The van der Waals surface area contributed by atoms with Crippen LogP contribution in [0.25, 0.3) is 5.52 Å². The maximum absolute atomic E-state index is 9.98. The number of hydrogen-bond acceptors (Lipinski definition) is 5. The van der Waals surface area contributed by atoms with Crippen LogP contribution in [0, 0.1) is 0 Å². The molecular formula is C24H39N5O. The first-order valence-electron chi connectivity index (χ1n) is 12.2. The molecule has 3 heterocycles. The van der Waals surface area contributed by atoms with Crippen molar-refractivity contribution in [2.45, 2.75) is 102 Å². The summed E-state index contributed by atoms with van der Waals surface area (Å²) in [5.41, 5.74) is 3.90. The first kappa shape index (κ1) is 21.6. The summed E-state index contributed by atoms with van der Waals surface area (Å²) in [6, 6.07) is 2.79. The highest BCUT2D eigenvalue weighted by molar-refractivity contribution is 5.58. The van der Waals surface area contributed by atoms with Gasteiger partial charge in [0.1, 0.15) is 0 Å². The third-order valence-electron chi connectivity index (χ3n) is 7.09. The molecule has 30 heavy (non-hydrogen) atoms. The minimum absolute atomic E-state index is 0.132. The Hall–Kier alpha value is -1.66. The van der Waals surface area contributed by atoms with Gasteiger partial charge < -0.3 is 15.7 Å². The second kappa shape index (κ2) is 10.1. The monoisotopic (exact) mass is 413 g/mol. The quantitative estimate of drug-likeness (QED) is 0.552. The number of fused-ring (bicyclic) bond motifs is 1. The predicted octanol–water partition coefficient (Wildman–Crippen LogP) is 4.60. The van der Waals surface area contributed by atoms with E-state index in [1.807, 2.05) is 6.20 Å². The summed E-state index contributed by atoms with van der Waals surface area (Å²) in [6.45, 7) is 6.64. The van der Waals surface area contributed by atoms with E-state index in [9.17, 15) is 5.11 Å². The van der Waals surface area contributed by atoms with Gasteiger partial charge in [0.25, 0.3) is 0 Å². The Bertz CT molecular complexity index is 805. The second-order valence-corrected chi connectivity index (χ2v) is 9.47. The van der Waals surface area contributed by atoms with Gasteiger partial charge in [-0.3, -0.25) is 0 Å². The van der Waals surface area contributed by atoms with Gasteiger partial charge in [0.05, 0.1) is 17.8 Å². The first-order valence-corrected chi connectivity index (χ1v) is 12.2. The fourth-order valence-electron chi connectivity index (χ4n) is 5.22. The van der Waals surface area contributed by atoms with Gasteiger partial charge in [-0.05, 0) is 82.5 Å². The van der Waals surface area contributed by atoms with Crippen LogP contribution in [0.3, 0.4) is 0 Å². The van der Waals surface area contributed by atoms with Crippen molar-refractivity contribution in [3.63, 3.8) is 0 Å². The Labute approximate surface area is 180 Å². The van der Waals surface area contributed by atoms with Gasteiger partial charge in [-0.2, -0.15) is 0 Å². The number of aromatic nitrogens is 3. The summed E-state index contributed by atoms with van der Waals surface area (Å²) in [5, 5.41) is 22.0. The van der Waals surface area contributed by atoms with Gasteiger partial charge in [0.2, 0.25) is 5.95 Å². The Kier molecular flexibility index (Phi) is 7.26. The molecule has 6 nitrogen and oxygen atoms in total. The summed E-state index contributed by atoms with van der Waals surface area (Å²) in [7, 11) is 0. The van der Waals surface area contributed by atoms with Crippen LogP contribution < -0.4 is 10.6 Å². The molecule has 0 amide bonds. The molecule has 3 N–H and O–H groups in total. The number of aliphatic hydroxyl groups excluding tert-OH is 1. The molecule has 0 spiro atoms. The van der Waals surface area contributed by atoms with Gasteiger partial charge in [0.15, 0.2) is 0 Å². The van der Waals surface area contributed by atoms with E-state index in [2.05, 4.69) is 35.1 Å². The minimum atomic E-state index is -0.132. The number of nitrogens with one attached hydrogen (secondary N) is 2. The molecular weight excluding hydrogens is 374 g/mol. The fraction of sp³-hybridized carbons (Fsp3) is 0.750. The highest BCUT2D eigenvalue weighted by atomic mass is 16.3. The highest BCUT2D eigenvalue weighted by Gasteiger charge is 2.27. The molecule has 1 aliphatic carbocycles. The van der Waals surface area contributed by atoms with Crippen molar-refractivity contribution in [1.82, 2.24) is 19.9 Å². The van der Waals surface area contributed by atoms with E-state index in [-0.39, 0.29) is 6.10 Å². The number of anilines is 1. The van der Waals surface area contributed by atoms with Crippen LogP contribution in [-0.2, 0) is 0 Å². The zero-order valence-electron chi connectivity index (χ0n) is 18.7. The molecule has 6 heteroatoms. The van der Waals surface area contributed by atoms with Crippen molar-refractivity contribution >= 4 is 11.5 Å². The number of nitrogens with zero attached hydrogens (tertiary/aromatic N) is 3. The van der Waals surface area contributed by atoms with Crippen LogP contribution in [0.2, 0.25) is 0 Å². The lowest BCUT2D eigenvalue weighted by atomic mass is 9.84. The second-order valence-electron chi connectivity index (χ2n) is 9.47. The van der Waals surface area contributed by atoms with Crippen molar-refractivity contribution in [3.05, 3.63) is 23.5 Å². The average molecular weight is 414 g/mol. The van der Waals surface area contributed by atoms with Crippen LogP contribution in [0.15, 0.2) is 12.3 Å². The Morgan fingerprint density at radius 3 is 2.63 bits per heavy atom. The normalized spacial score (nSPS) is 24.2. The van der Waals surface area contributed by atoms with Crippen molar-refractivity contribution in [2.75, 3.05) is 18.4 Å². The van der Waals surface area contributed by atoms with E-state index in [4.69, 9.17) is 10.1 Å². The molecule has 4 rings (SSSR count). The number of hydrogen-bond donors (Lipinski definition) is 3. The number of aliphatic hydroxyl groups is 1. The highest BCUT2D eigenvalue weighted by Crippen LogP contribution is 2.38. The van der Waals surface area contributed by atoms with E-state index in [0.29, 0.717) is 17.9 Å². The van der Waals surface area contributed by atoms with Gasteiger partial charge in [-0.25, -0.2) is 9.50 Å². The maximum Gasteiger partial charge on any atom is 0.241 e. The summed E-state index contributed by atoms with van der Waals surface area (Å²) in [5.74, 6) is 1.79. The zero-order chi connectivity index (χ0) is 20.9. The van der Waals surface area contributed by atoms with E-state index in [1.54, 1.807) is 0 Å². The van der Waals surface area contributed by atoms with Crippen molar-refractivity contribution in [3.8, 4) is 0 Å². The number of piperidine rings is 1. The van der Waals surface area contributed by atoms with Gasteiger partial charge in [-0.1, -0.05) is 26.2 Å². The molecule has 1 aliphatic heterocycles. The molecule has 2 fully saturated rings. The lowest BCUT2D eigenvalue weighted by Gasteiger charge is -2.25. The maximum atomic E-state index is 9.98. The summed E-state index contributed by atoms with van der Waals surface area (Å²) in [4.78, 5) is 4.70. The number of unbranched alkanes of at least 4 members (excludes halogenated alkanes) is 2.